The van der Waals surface area contributed by atoms with Crippen molar-refractivity contribution in [1.29, 1.82) is 0 Å². The van der Waals surface area contributed by atoms with Crippen molar-refractivity contribution in [3.05, 3.63) is 41.0 Å². The normalized spacial score (nSPS) is 15.5. The molecule has 2 N–H and O–H groups in total. The lowest BCUT2D eigenvalue weighted by molar-refractivity contribution is -0.124. The number of thiazole rings is 1. The minimum absolute atomic E-state index is 0.0271. The van der Waals surface area contributed by atoms with Gasteiger partial charge in [-0.1, -0.05) is 18.2 Å². The molecule has 0 spiro atoms. The number of nitrogens with zero attached hydrogens (tertiary/aromatic N) is 2. The Balaban J connectivity index is 1.79. The van der Waals surface area contributed by atoms with E-state index >= 15 is 0 Å². The Bertz CT molecular complexity index is 714. The van der Waals surface area contributed by atoms with E-state index < -0.39 is 5.97 Å². The number of benzene rings is 1. The molecule has 2 aromatic rings. The number of aromatic carboxylic acids is 1. The molecule has 1 aliphatic heterocycles. The third-order valence-electron chi connectivity index (χ3n) is 3.45. The molecule has 0 saturated carbocycles. The maximum Gasteiger partial charge on any atom is 0.336 e. The lowest BCUT2D eigenvalue weighted by Gasteiger charge is -2.25. The van der Waals surface area contributed by atoms with Gasteiger partial charge in [-0.2, -0.15) is 0 Å². The third-order valence-corrected chi connectivity index (χ3v) is 4.47. The molecule has 114 valence electrons. The predicted molar refractivity (Wildman–Crippen MR) is 82.8 cm³/mol. The number of amides is 1. The largest absolute Gasteiger partial charge is 0.478 e. The summed E-state index contributed by atoms with van der Waals surface area (Å²) >= 11 is 1.46. The minimum Gasteiger partial charge on any atom is -0.478 e. The van der Waals surface area contributed by atoms with E-state index in [4.69, 9.17) is 0 Å². The van der Waals surface area contributed by atoms with Gasteiger partial charge in [0, 0.05) is 24.8 Å². The van der Waals surface area contributed by atoms with Gasteiger partial charge in [-0.3, -0.25) is 9.69 Å². The monoisotopic (exact) mass is 317 g/mol. The van der Waals surface area contributed by atoms with Crippen LogP contribution < -0.4 is 5.32 Å². The highest BCUT2D eigenvalue weighted by molar-refractivity contribution is 7.15. The summed E-state index contributed by atoms with van der Waals surface area (Å²) in [6, 6.07) is 6.90. The van der Waals surface area contributed by atoms with Crippen molar-refractivity contribution in [1.82, 2.24) is 15.2 Å². The first-order chi connectivity index (χ1) is 10.6. The van der Waals surface area contributed by atoms with E-state index in [2.05, 4.69) is 10.3 Å². The number of hydrogen-bond donors (Lipinski definition) is 2. The molecule has 1 saturated heterocycles. The first kappa shape index (κ1) is 14.7. The smallest absolute Gasteiger partial charge is 0.336 e. The molecule has 22 heavy (non-hydrogen) atoms. The predicted octanol–water partition coefficient (Wildman–Crippen LogP) is 1.44. The zero-order valence-electron chi connectivity index (χ0n) is 11.8. The van der Waals surface area contributed by atoms with Gasteiger partial charge in [0.25, 0.3) is 0 Å². The molecule has 1 aliphatic rings. The van der Waals surface area contributed by atoms with Crippen molar-refractivity contribution in [2.24, 2.45) is 0 Å². The highest BCUT2D eigenvalue weighted by Gasteiger charge is 2.18. The number of piperazine rings is 1. The van der Waals surface area contributed by atoms with E-state index in [0.717, 1.165) is 16.4 Å². The number of aromatic nitrogens is 1. The first-order valence-corrected chi connectivity index (χ1v) is 7.71. The average Bonchev–Trinajstić information content (AvgIpc) is 2.95. The molecule has 0 bridgehead atoms. The van der Waals surface area contributed by atoms with Crippen molar-refractivity contribution in [3.63, 3.8) is 0 Å². The van der Waals surface area contributed by atoms with Crippen molar-refractivity contribution in [3.8, 4) is 10.4 Å². The van der Waals surface area contributed by atoms with Crippen LogP contribution in [0.25, 0.3) is 10.4 Å². The molecular formula is C15H15N3O3S. The summed E-state index contributed by atoms with van der Waals surface area (Å²) in [6.45, 7) is 2.43. The molecule has 0 unspecified atom stereocenters. The lowest BCUT2D eigenvalue weighted by atomic mass is 10.1. The molecule has 1 amide bonds. The second kappa shape index (κ2) is 6.25. The number of carbonyl (C=O) groups is 2. The van der Waals surface area contributed by atoms with Crippen molar-refractivity contribution >= 4 is 23.2 Å². The molecule has 1 aromatic heterocycles. The molecule has 0 atom stereocenters. The first-order valence-electron chi connectivity index (χ1n) is 6.90. The Morgan fingerprint density at radius 3 is 3.00 bits per heavy atom. The maximum absolute atomic E-state index is 11.4. The van der Waals surface area contributed by atoms with Crippen LogP contribution in [-0.4, -0.2) is 46.5 Å². The summed E-state index contributed by atoms with van der Waals surface area (Å²) in [5.41, 5.74) is 0.949. The minimum atomic E-state index is -0.946. The van der Waals surface area contributed by atoms with Gasteiger partial charge >= 0.3 is 5.97 Å². The van der Waals surface area contributed by atoms with Crippen LogP contribution in [0.2, 0.25) is 0 Å². The van der Waals surface area contributed by atoms with Crippen LogP contribution in [-0.2, 0) is 11.3 Å². The van der Waals surface area contributed by atoms with E-state index in [1.807, 2.05) is 11.0 Å². The molecule has 6 nitrogen and oxygen atoms in total. The molecule has 0 radical (unpaired) electrons. The number of rotatable bonds is 4. The molecule has 0 aliphatic carbocycles. The van der Waals surface area contributed by atoms with Crippen LogP contribution in [0.3, 0.4) is 0 Å². The van der Waals surface area contributed by atoms with Gasteiger partial charge in [-0.05, 0) is 6.07 Å². The second-order valence-corrected chi connectivity index (χ2v) is 6.14. The van der Waals surface area contributed by atoms with Gasteiger partial charge in [0.05, 0.1) is 23.5 Å². The zero-order chi connectivity index (χ0) is 15.5. The zero-order valence-corrected chi connectivity index (χ0v) is 12.6. The summed E-state index contributed by atoms with van der Waals surface area (Å²) in [5, 5.41) is 12.9. The fourth-order valence-corrected chi connectivity index (χ4v) is 3.41. The van der Waals surface area contributed by atoms with Crippen LogP contribution >= 0.6 is 11.3 Å². The quantitative estimate of drug-likeness (QED) is 0.891. The van der Waals surface area contributed by atoms with Crippen LogP contribution in [0, 0.1) is 0 Å². The molecular weight excluding hydrogens is 302 g/mol. The summed E-state index contributed by atoms with van der Waals surface area (Å²) < 4.78 is 0. The van der Waals surface area contributed by atoms with Gasteiger partial charge in [0.2, 0.25) is 5.91 Å². The third kappa shape index (κ3) is 3.15. The van der Waals surface area contributed by atoms with Crippen LogP contribution in [0.15, 0.2) is 30.5 Å². The Hall–Kier alpha value is -2.25. The Morgan fingerprint density at radius 2 is 2.23 bits per heavy atom. The Kier molecular flexibility index (Phi) is 4.17. The highest BCUT2D eigenvalue weighted by Crippen LogP contribution is 2.29. The fourth-order valence-electron chi connectivity index (χ4n) is 2.41. The SMILES string of the molecule is O=C1CN(Cc2ncc(-c3ccccc3C(=O)O)s2)CCN1. The molecule has 1 fully saturated rings. The van der Waals surface area contributed by atoms with Crippen molar-refractivity contribution < 1.29 is 14.7 Å². The summed E-state index contributed by atoms with van der Waals surface area (Å²) in [7, 11) is 0. The van der Waals surface area contributed by atoms with Crippen molar-refractivity contribution in [2.75, 3.05) is 19.6 Å². The molecule has 2 heterocycles. The summed E-state index contributed by atoms with van der Waals surface area (Å²) in [5.74, 6) is -0.919. The van der Waals surface area contributed by atoms with E-state index in [0.29, 0.717) is 25.2 Å². The maximum atomic E-state index is 11.4. The van der Waals surface area contributed by atoms with E-state index in [1.165, 1.54) is 11.3 Å². The molecule has 3 rings (SSSR count). The topological polar surface area (TPSA) is 82.5 Å². The van der Waals surface area contributed by atoms with Gasteiger partial charge < -0.3 is 10.4 Å². The van der Waals surface area contributed by atoms with E-state index in [-0.39, 0.29) is 11.5 Å². The number of hydrogen-bond acceptors (Lipinski definition) is 5. The molecule has 7 heteroatoms. The number of carbonyl (C=O) groups excluding carboxylic acids is 1. The van der Waals surface area contributed by atoms with E-state index in [1.54, 1.807) is 24.4 Å². The van der Waals surface area contributed by atoms with Gasteiger partial charge in [0.1, 0.15) is 5.01 Å². The fraction of sp³-hybridized carbons (Fsp3) is 0.267. The van der Waals surface area contributed by atoms with Crippen LogP contribution in [0.5, 0.6) is 0 Å². The highest BCUT2D eigenvalue weighted by atomic mass is 32.1. The second-order valence-electron chi connectivity index (χ2n) is 5.03. The summed E-state index contributed by atoms with van der Waals surface area (Å²) in [6.07, 6.45) is 1.70. The van der Waals surface area contributed by atoms with Crippen LogP contribution in [0.1, 0.15) is 15.4 Å². The average molecular weight is 317 g/mol. The number of nitrogens with one attached hydrogen (secondary N) is 1. The van der Waals surface area contributed by atoms with Crippen molar-refractivity contribution in [2.45, 2.75) is 6.54 Å². The summed E-state index contributed by atoms with van der Waals surface area (Å²) in [4.78, 5) is 29.9. The van der Waals surface area contributed by atoms with Gasteiger partial charge in [0.15, 0.2) is 0 Å². The van der Waals surface area contributed by atoms with Gasteiger partial charge in [-0.25, -0.2) is 9.78 Å². The Morgan fingerprint density at radius 1 is 1.41 bits per heavy atom. The van der Waals surface area contributed by atoms with Gasteiger partial charge in [-0.15, -0.1) is 11.3 Å². The Labute approximate surface area is 131 Å². The standard InChI is InChI=1S/C15H15N3O3S/c19-13-8-18(6-5-16-13)9-14-17-7-12(22-14)10-3-1-2-4-11(10)15(20)21/h1-4,7H,5-6,8-9H2,(H,16,19)(H,20,21). The number of carboxylic acid groups (broad SMARTS) is 1. The van der Waals surface area contributed by atoms with E-state index in [9.17, 15) is 14.7 Å². The van der Waals surface area contributed by atoms with Crippen LogP contribution in [0.4, 0.5) is 0 Å². The lowest BCUT2D eigenvalue weighted by Crippen LogP contribution is -2.47. The number of carboxylic acids is 1. The molecule has 1 aromatic carbocycles.